The van der Waals surface area contributed by atoms with Crippen LogP contribution in [0.15, 0.2) is 30.3 Å². The van der Waals surface area contributed by atoms with Gasteiger partial charge < -0.3 is 9.42 Å². The number of unbranched alkanes of at least 4 members (excludes halogenated alkanes) is 1. The molecule has 0 bridgehead atoms. The first kappa shape index (κ1) is 18.2. The van der Waals surface area contributed by atoms with Crippen molar-refractivity contribution >= 4 is 29.8 Å². The molecule has 5 nitrogen and oxygen atoms in total. The van der Waals surface area contributed by atoms with Crippen LogP contribution in [0.3, 0.4) is 0 Å². The Hall–Kier alpha value is -0.810. The van der Waals surface area contributed by atoms with Crippen LogP contribution in [0.4, 0.5) is 5.69 Å². The number of nitrogens with zero attached hydrogens (tertiary/aromatic N) is 1. The minimum absolute atomic E-state index is 0.268. The number of amides is 1. The van der Waals surface area contributed by atoms with E-state index >= 15 is 0 Å². The molecule has 0 aliphatic carbocycles. The highest BCUT2D eigenvalue weighted by atomic mass is 32.7. The summed E-state index contributed by atoms with van der Waals surface area (Å²) >= 11 is 1.01. The van der Waals surface area contributed by atoms with Gasteiger partial charge in [0.05, 0.1) is 6.61 Å². The smallest absolute Gasteiger partial charge is 0.313 e. The molecular formula is C14H22NO4PS. The average Bonchev–Trinajstić information content (AvgIpc) is 2.53. The topological polar surface area (TPSA) is 55.8 Å². The molecule has 0 radical (unpaired) electrons. The average molecular weight is 331 g/mol. The predicted octanol–water partition coefficient (Wildman–Crippen LogP) is 3.95. The number of carbonyl (C=O) groups excluding carboxylic acids is 1. The fourth-order valence-corrected chi connectivity index (χ4v) is 3.41. The fraction of sp³-hybridized carbons (Fsp3) is 0.500. The molecule has 1 atom stereocenters. The molecule has 0 heterocycles. The van der Waals surface area contributed by atoms with Crippen LogP contribution in [0.2, 0.25) is 0 Å². The Labute approximate surface area is 130 Å². The third-order valence-corrected chi connectivity index (χ3v) is 6.20. The quantitative estimate of drug-likeness (QED) is 0.506. The van der Waals surface area contributed by atoms with E-state index in [4.69, 9.17) is 9.05 Å². The Balaban J connectivity index is 2.52. The molecule has 0 saturated carbocycles. The molecule has 0 aliphatic rings. The number of hydrogen-bond acceptors (Lipinski definition) is 5. The highest BCUT2D eigenvalue weighted by Crippen LogP contribution is 2.59. The van der Waals surface area contributed by atoms with Gasteiger partial charge in [0.2, 0.25) is 0 Å². The molecule has 7 heteroatoms. The van der Waals surface area contributed by atoms with Crippen LogP contribution in [0.1, 0.15) is 19.8 Å². The van der Waals surface area contributed by atoms with Gasteiger partial charge in [-0.3, -0.25) is 9.32 Å². The van der Waals surface area contributed by atoms with Crippen LogP contribution in [0.5, 0.6) is 0 Å². The van der Waals surface area contributed by atoms with Crippen molar-refractivity contribution in [2.24, 2.45) is 0 Å². The van der Waals surface area contributed by atoms with Crippen molar-refractivity contribution in [3.05, 3.63) is 30.3 Å². The van der Waals surface area contributed by atoms with E-state index in [0.29, 0.717) is 6.61 Å². The maximum absolute atomic E-state index is 12.3. The molecule has 1 aromatic rings. The highest BCUT2D eigenvalue weighted by Gasteiger charge is 2.25. The van der Waals surface area contributed by atoms with Gasteiger partial charge in [-0.1, -0.05) is 31.5 Å². The summed E-state index contributed by atoms with van der Waals surface area (Å²) in [5.74, 6) is -0.269. The molecule has 21 heavy (non-hydrogen) atoms. The maximum atomic E-state index is 12.3. The first-order valence-electron chi connectivity index (χ1n) is 6.79. The van der Waals surface area contributed by atoms with E-state index in [2.05, 4.69) is 0 Å². The van der Waals surface area contributed by atoms with Crippen molar-refractivity contribution in [2.75, 3.05) is 31.4 Å². The van der Waals surface area contributed by atoms with Crippen molar-refractivity contribution in [1.29, 1.82) is 0 Å². The Morgan fingerprint density at radius 3 is 2.52 bits per heavy atom. The molecule has 0 spiro atoms. The van der Waals surface area contributed by atoms with Crippen LogP contribution in [-0.2, 0) is 18.4 Å². The zero-order chi connectivity index (χ0) is 15.7. The molecule has 0 aromatic heterocycles. The monoisotopic (exact) mass is 331 g/mol. The summed E-state index contributed by atoms with van der Waals surface area (Å²) in [5, 5.41) is 0. The second-order valence-electron chi connectivity index (χ2n) is 4.38. The van der Waals surface area contributed by atoms with Crippen LogP contribution in [0, 0.1) is 0 Å². The Bertz CT molecular complexity index is 483. The lowest BCUT2D eigenvalue weighted by Crippen LogP contribution is -2.29. The highest BCUT2D eigenvalue weighted by molar-refractivity contribution is 8.54. The van der Waals surface area contributed by atoms with Crippen molar-refractivity contribution in [2.45, 2.75) is 19.8 Å². The SMILES string of the molecule is CCCCOP(=O)(OCC(=O)N(C)c1ccccc1)SC. The van der Waals surface area contributed by atoms with Crippen LogP contribution >= 0.6 is 18.2 Å². The number of carbonyl (C=O) groups is 1. The van der Waals surface area contributed by atoms with Crippen molar-refractivity contribution in [3.8, 4) is 0 Å². The van der Waals surface area contributed by atoms with Crippen molar-refractivity contribution < 1.29 is 18.4 Å². The Morgan fingerprint density at radius 2 is 1.95 bits per heavy atom. The number of anilines is 1. The molecule has 0 N–H and O–H groups in total. The first-order valence-corrected chi connectivity index (χ1v) is 10.2. The van der Waals surface area contributed by atoms with Crippen LogP contribution in [-0.4, -0.2) is 32.4 Å². The van der Waals surface area contributed by atoms with E-state index in [1.165, 1.54) is 4.90 Å². The van der Waals surface area contributed by atoms with Gasteiger partial charge >= 0.3 is 6.80 Å². The van der Waals surface area contributed by atoms with Gasteiger partial charge in [-0.05, 0) is 36.2 Å². The maximum Gasteiger partial charge on any atom is 0.389 e. The largest absolute Gasteiger partial charge is 0.389 e. The van der Waals surface area contributed by atoms with Gasteiger partial charge in [-0.25, -0.2) is 4.57 Å². The normalized spacial score (nSPS) is 13.7. The number of rotatable bonds is 9. The Morgan fingerprint density at radius 1 is 1.29 bits per heavy atom. The summed E-state index contributed by atoms with van der Waals surface area (Å²) in [7, 11) is 1.66. The van der Waals surface area contributed by atoms with Gasteiger partial charge in [-0.15, -0.1) is 0 Å². The standard InChI is InChI=1S/C14H22NO4PS/c1-4-5-11-18-20(17,21-3)19-12-14(16)15(2)13-9-7-6-8-10-13/h6-10H,4-5,11-12H2,1-3H3. The van der Waals surface area contributed by atoms with Crippen molar-refractivity contribution in [1.82, 2.24) is 0 Å². The molecule has 0 aliphatic heterocycles. The number of para-hydroxylation sites is 1. The molecule has 1 rings (SSSR count). The van der Waals surface area contributed by atoms with Crippen LogP contribution < -0.4 is 4.90 Å². The number of likely N-dealkylation sites (N-methyl/N-ethyl adjacent to an activating group) is 1. The second kappa shape index (κ2) is 9.26. The summed E-state index contributed by atoms with van der Waals surface area (Å²) in [6.45, 7) is -1.12. The van der Waals surface area contributed by atoms with Gasteiger partial charge in [-0.2, -0.15) is 0 Å². The van der Waals surface area contributed by atoms with Gasteiger partial charge in [0.25, 0.3) is 5.91 Å². The summed E-state index contributed by atoms with van der Waals surface area (Å²) in [6.07, 6.45) is 3.41. The van der Waals surface area contributed by atoms with Crippen molar-refractivity contribution in [3.63, 3.8) is 0 Å². The molecule has 118 valence electrons. The first-order chi connectivity index (χ1) is 10.0. The lowest BCUT2D eigenvalue weighted by molar-refractivity contribution is -0.120. The fourth-order valence-electron chi connectivity index (χ4n) is 1.49. The molecule has 0 fully saturated rings. The second-order valence-corrected chi connectivity index (χ2v) is 8.59. The molecule has 1 aromatic carbocycles. The number of hydrogen-bond donors (Lipinski definition) is 0. The van der Waals surface area contributed by atoms with Gasteiger partial charge in [0.1, 0.15) is 6.61 Å². The van der Waals surface area contributed by atoms with E-state index in [9.17, 15) is 9.36 Å². The third-order valence-electron chi connectivity index (χ3n) is 2.83. The number of benzene rings is 1. The summed E-state index contributed by atoms with van der Waals surface area (Å²) in [6, 6.07) is 9.22. The van der Waals surface area contributed by atoms with Crippen LogP contribution in [0.25, 0.3) is 0 Å². The summed E-state index contributed by atoms with van der Waals surface area (Å²) in [5.41, 5.74) is 0.761. The van der Waals surface area contributed by atoms with E-state index < -0.39 is 6.80 Å². The third kappa shape index (κ3) is 6.22. The molecule has 1 unspecified atom stereocenters. The van der Waals surface area contributed by atoms with E-state index in [0.717, 1.165) is 29.9 Å². The molecule has 1 amide bonds. The van der Waals surface area contributed by atoms with Gasteiger partial charge in [0, 0.05) is 12.7 Å². The van der Waals surface area contributed by atoms with Gasteiger partial charge in [0.15, 0.2) is 0 Å². The predicted molar refractivity (Wildman–Crippen MR) is 87.8 cm³/mol. The summed E-state index contributed by atoms with van der Waals surface area (Å²) in [4.78, 5) is 13.5. The van der Waals surface area contributed by atoms with E-state index in [-0.39, 0.29) is 12.5 Å². The zero-order valence-electron chi connectivity index (χ0n) is 12.7. The molecular weight excluding hydrogens is 309 g/mol. The lowest BCUT2D eigenvalue weighted by atomic mass is 10.3. The minimum Gasteiger partial charge on any atom is -0.313 e. The minimum atomic E-state index is -3.25. The van der Waals surface area contributed by atoms with E-state index in [1.807, 2.05) is 37.3 Å². The lowest BCUT2D eigenvalue weighted by Gasteiger charge is -2.20. The summed E-state index contributed by atoms with van der Waals surface area (Å²) < 4.78 is 22.8. The zero-order valence-corrected chi connectivity index (χ0v) is 14.4. The van der Waals surface area contributed by atoms with E-state index in [1.54, 1.807) is 13.3 Å². The Kier molecular flexibility index (Phi) is 8.04. The molecule has 0 saturated heterocycles.